The normalized spacial score (nSPS) is 9.93. The summed E-state index contributed by atoms with van der Waals surface area (Å²) in [5, 5.41) is 0. The highest BCUT2D eigenvalue weighted by atomic mass is 16.5. The Labute approximate surface area is 89.1 Å². The van der Waals surface area contributed by atoms with Gasteiger partial charge in [-0.05, 0) is 6.07 Å². The Balaban J connectivity index is 2.62. The zero-order valence-corrected chi connectivity index (χ0v) is 8.81. The van der Waals surface area contributed by atoms with Gasteiger partial charge in [0.1, 0.15) is 6.26 Å². The molecule has 0 aliphatic heterocycles. The monoisotopic (exact) mass is 209 g/mol. The molecule has 0 saturated carbocycles. The fraction of sp³-hybridized carbons (Fsp3) is 0.364. The maximum Gasteiger partial charge on any atom is 0.257 e. The van der Waals surface area contributed by atoms with Crippen LogP contribution >= 0.6 is 0 Å². The number of carbonyl (C=O) groups excluding carboxylic acids is 1. The van der Waals surface area contributed by atoms with E-state index in [0.717, 1.165) is 0 Å². The van der Waals surface area contributed by atoms with Crippen LogP contribution in [0.3, 0.4) is 0 Å². The number of nitrogens with zero attached hydrogens (tertiary/aromatic N) is 1. The molecule has 4 nitrogen and oxygen atoms in total. The van der Waals surface area contributed by atoms with Gasteiger partial charge in [-0.25, -0.2) is 0 Å². The topological polar surface area (TPSA) is 42.7 Å². The van der Waals surface area contributed by atoms with Crippen molar-refractivity contribution in [2.24, 2.45) is 0 Å². The predicted molar refractivity (Wildman–Crippen MR) is 56.7 cm³/mol. The maximum atomic E-state index is 11.9. The molecule has 0 fully saturated rings. The standard InChI is InChI=1S/C11H15NO3/c1-3-5-12(6-8-14-2)11(13)10-4-7-15-9-10/h3-4,7,9H,1,5-6,8H2,2H3. The molecule has 0 spiro atoms. The van der Waals surface area contributed by atoms with Gasteiger partial charge < -0.3 is 14.1 Å². The summed E-state index contributed by atoms with van der Waals surface area (Å²) in [6, 6.07) is 1.64. The second kappa shape index (κ2) is 6.03. The minimum Gasteiger partial charge on any atom is -0.472 e. The van der Waals surface area contributed by atoms with Crippen molar-refractivity contribution in [1.29, 1.82) is 0 Å². The van der Waals surface area contributed by atoms with Gasteiger partial charge in [-0.15, -0.1) is 6.58 Å². The van der Waals surface area contributed by atoms with Crippen LogP contribution in [0.1, 0.15) is 10.4 Å². The number of methoxy groups -OCH3 is 1. The maximum absolute atomic E-state index is 11.9. The zero-order chi connectivity index (χ0) is 11.1. The van der Waals surface area contributed by atoms with E-state index in [-0.39, 0.29) is 5.91 Å². The van der Waals surface area contributed by atoms with Crippen LogP contribution in [-0.2, 0) is 4.74 Å². The molecule has 0 unspecified atom stereocenters. The average molecular weight is 209 g/mol. The number of carbonyl (C=O) groups is 1. The number of rotatable bonds is 6. The van der Waals surface area contributed by atoms with Crippen molar-refractivity contribution in [3.63, 3.8) is 0 Å². The van der Waals surface area contributed by atoms with Gasteiger partial charge in [0, 0.05) is 20.2 Å². The quantitative estimate of drug-likeness (QED) is 0.668. The van der Waals surface area contributed by atoms with E-state index in [1.54, 1.807) is 24.2 Å². The summed E-state index contributed by atoms with van der Waals surface area (Å²) in [5.74, 6) is -0.0688. The van der Waals surface area contributed by atoms with E-state index >= 15 is 0 Å². The van der Waals surface area contributed by atoms with E-state index in [1.807, 2.05) is 0 Å². The molecule has 0 bridgehead atoms. The van der Waals surface area contributed by atoms with Gasteiger partial charge in [-0.2, -0.15) is 0 Å². The number of ether oxygens (including phenoxy) is 1. The number of hydrogen-bond acceptors (Lipinski definition) is 3. The second-order valence-electron chi connectivity index (χ2n) is 3.04. The van der Waals surface area contributed by atoms with Crippen molar-refractivity contribution in [3.05, 3.63) is 36.8 Å². The van der Waals surface area contributed by atoms with E-state index < -0.39 is 0 Å². The van der Waals surface area contributed by atoms with Gasteiger partial charge in [0.25, 0.3) is 5.91 Å². The van der Waals surface area contributed by atoms with Gasteiger partial charge in [0.05, 0.1) is 18.4 Å². The Bertz CT molecular complexity index is 306. The summed E-state index contributed by atoms with van der Waals surface area (Å²) in [7, 11) is 1.61. The lowest BCUT2D eigenvalue weighted by atomic mass is 10.3. The third-order valence-electron chi connectivity index (χ3n) is 1.97. The fourth-order valence-electron chi connectivity index (χ4n) is 1.20. The summed E-state index contributed by atoms with van der Waals surface area (Å²) >= 11 is 0. The smallest absolute Gasteiger partial charge is 0.257 e. The molecule has 82 valence electrons. The lowest BCUT2D eigenvalue weighted by molar-refractivity contribution is 0.0717. The summed E-state index contributed by atoms with van der Waals surface area (Å²) in [4.78, 5) is 13.5. The summed E-state index contributed by atoms with van der Waals surface area (Å²) in [6.07, 6.45) is 4.61. The molecule has 0 atom stereocenters. The molecule has 0 radical (unpaired) electrons. The van der Waals surface area contributed by atoms with Crippen molar-refractivity contribution in [2.75, 3.05) is 26.8 Å². The van der Waals surface area contributed by atoms with Crippen molar-refractivity contribution in [3.8, 4) is 0 Å². The molecule has 0 aromatic carbocycles. The SMILES string of the molecule is C=CCN(CCOC)C(=O)c1ccoc1. The van der Waals surface area contributed by atoms with Gasteiger partial charge in [0.2, 0.25) is 0 Å². The molecule has 1 aromatic rings. The summed E-state index contributed by atoms with van der Waals surface area (Å²) < 4.78 is 9.80. The Kier molecular flexibility index (Phi) is 4.63. The second-order valence-corrected chi connectivity index (χ2v) is 3.04. The van der Waals surface area contributed by atoms with Crippen LogP contribution in [0.25, 0.3) is 0 Å². The molecule has 0 N–H and O–H groups in total. The summed E-state index contributed by atoms with van der Waals surface area (Å²) in [5.41, 5.74) is 0.549. The van der Waals surface area contributed by atoms with Gasteiger partial charge in [0.15, 0.2) is 0 Å². The first kappa shape index (κ1) is 11.5. The first-order valence-electron chi connectivity index (χ1n) is 4.71. The minimum absolute atomic E-state index is 0.0688. The Morgan fingerprint density at radius 3 is 3.07 bits per heavy atom. The highest BCUT2D eigenvalue weighted by Gasteiger charge is 2.14. The predicted octanol–water partition coefficient (Wildman–Crippen LogP) is 1.55. The fourth-order valence-corrected chi connectivity index (χ4v) is 1.20. The third-order valence-corrected chi connectivity index (χ3v) is 1.97. The number of hydrogen-bond donors (Lipinski definition) is 0. The first-order valence-corrected chi connectivity index (χ1v) is 4.71. The van der Waals surface area contributed by atoms with E-state index in [0.29, 0.717) is 25.3 Å². The van der Waals surface area contributed by atoms with Crippen molar-refractivity contribution in [1.82, 2.24) is 4.90 Å². The Morgan fingerprint density at radius 2 is 2.53 bits per heavy atom. The van der Waals surface area contributed by atoms with Crippen LogP contribution in [0, 0.1) is 0 Å². The molecular formula is C11H15NO3. The number of amides is 1. The van der Waals surface area contributed by atoms with Gasteiger partial charge >= 0.3 is 0 Å². The molecule has 1 aromatic heterocycles. The Hall–Kier alpha value is -1.55. The minimum atomic E-state index is -0.0688. The van der Waals surface area contributed by atoms with Crippen molar-refractivity contribution >= 4 is 5.91 Å². The van der Waals surface area contributed by atoms with E-state index in [2.05, 4.69) is 6.58 Å². The van der Waals surface area contributed by atoms with Crippen LogP contribution in [0.5, 0.6) is 0 Å². The number of furan rings is 1. The van der Waals surface area contributed by atoms with Crippen LogP contribution in [0.2, 0.25) is 0 Å². The Morgan fingerprint density at radius 1 is 1.73 bits per heavy atom. The molecular weight excluding hydrogens is 194 g/mol. The molecule has 4 heteroatoms. The highest BCUT2D eigenvalue weighted by Crippen LogP contribution is 2.05. The third kappa shape index (κ3) is 3.25. The largest absolute Gasteiger partial charge is 0.472 e. The van der Waals surface area contributed by atoms with Crippen molar-refractivity contribution < 1.29 is 13.9 Å². The molecule has 1 amide bonds. The first-order chi connectivity index (χ1) is 7.29. The lowest BCUT2D eigenvalue weighted by Gasteiger charge is -2.19. The highest BCUT2D eigenvalue weighted by molar-refractivity contribution is 5.93. The molecule has 0 saturated heterocycles. The summed E-state index contributed by atoms with van der Waals surface area (Å²) in [6.45, 7) is 5.18. The van der Waals surface area contributed by atoms with Gasteiger partial charge in [-0.1, -0.05) is 6.08 Å². The average Bonchev–Trinajstić information content (AvgIpc) is 2.76. The van der Waals surface area contributed by atoms with Gasteiger partial charge in [-0.3, -0.25) is 4.79 Å². The molecule has 1 heterocycles. The molecule has 0 aliphatic rings. The van der Waals surface area contributed by atoms with E-state index in [1.165, 1.54) is 12.5 Å². The molecule has 15 heavy (non-hydrogen) atoms. The van der Waals surface area contributed by atoms with E-state index in [9.17, 15) is 4.79 Å². The molecule has 0 aliphatic carbocycles. The van der Waals surface area contributed by atoms with Crippen LogP contribution in [0.15, 0.2) is 35.7 Å². The van der Waals surface area contributed by atoms with Crippen LogP contribution in [-0.4, -0.2) is 37.6 Å². The van der Waals surface area contributed by atoms with Crippen molar-refractivity contribution in [2.45, 2.75) is 0 Å². The van der Waals surface area contributed by atoms with E-state index in [4.69, 9.17) is 9.15 Å². The van der Waals surface area contributed by atoms with Crippen LogP contribution < -0.4 is 0 Å². The lowest BCUT2D eigenvalue weighted by Crippen LogP contribution is -2.33. The van der Waals surface area contributed by atoms with Crippen LogP contribution in [0.4, 0.5) is 0 Å². The molecule has 1 rings (SSSR count). The zero-order valence-electron chi connectivity index (χ0n) is 8.81.